The van der Waals surface area contributed by atoms with Gasteiger partial charge in [0.1, 0.15) is 5.82 Å². The molecule has 0 aromatic heterocycles. The molecule has 1 N–H and O–H groups in total. The highest BCUT2D eigenvalue weighted by molar-refractivity contribution is 7.92. The summed E-state index contributed by atoms with van der Waals surface area (Å²) < 4.78 is 41.8. The number of sulfonamides is 1. The topological polar surface area (TPSA) is 69.7 Å². The molecule has 3 aromatic rings. The van der Waals surface area contributed by atoms with Gasteiger partial charge in [0, 0.05) is 38.3 Å². The Hall–Kier alpha value is -3.23. The van der Waals surface area contributed by atoms with E-state index in [9.17, 15) is 17.6 Å². The molecular weight excluding hydrogens is 453 g/mol. The lowest BCUT2D eigenvalue weighted by Gasteiger charge is -2.23. The van der Waals surface area contributed by atoms with Crippen LogP contribution in [0.3, 0.4) is 0 Å². The highest BCUT2D eigenvalue weighted by Crippen LogP contribution is 2.21. The van der Waals surface area contributed by atoms with E-state index in [4.69, 9.17) is 0 Å². The molecule has 0 saturated carbocycles. The molecular formula is C26H28FN3O3S. The zero-order valence-corrected chi connectivity index (χ0v) is 19.9. The first-order valence-corrected chi connectivity index (χ1v) is 12.8. The van der Waals surface area contributed by atoms with Crippen molar-refractivity contribution in [3.05, 3.63) is 95.3 Å². The summed E-state index contributed by atoms with van der Waals surface area (Å²) in [5, 5.41) is 0. The molecule has 8 heteroatoms. The van der Waals surface area contributed by atoms with E-state index in [1.807, 2.05) is 12.1 Å². The van der Waals surface area contributed by atoms with Gasteiger partial charge in [-0.15, -0.1) is 0 Å². The van der Waals surface area contributed by atoms with Gasteiger partial charge in [0.25, 0.3) is 15.9 Å². The molecule has 0 atom stereocenters. The Morgan fingerprint density at radius 3 is 2.50 bits per heavy atom. The maximum Gasteiger partial charge on any atom is 0.262 e. The van der Waals surface area contributed by atoms with Crippen LogP contribution in [0.4, 0.5) is 10.1 Å². The van der Waals surface area contributed by atoms with Crippen LogP contribution in [0.5, 0.6) is 0 Å². The number of nitrogens with one attached hydrogen (secondary N) is 1. The number of amides is 1. The van der Waals surface area contributed by atoms with Crippen molar-refractivity contribution in [2.45, 2.75) is 24.8 Å². The normalized spacial score (nSPS) is 15.1. The highest BCUT2D eigenvalue weighted by atomic mass is 32.2. The zero-order valence-electron chi connectivity index (χ0n) is 19.1. The average molecular weight is 482 g/mol. The highest BCUT2D eigenvalue weighted by Gasteiger charge is 2.23. The van der Waals surface area contributed by atoms with E-state index >= 15 is 0 Å². The van der Waals surface area contributed by atoms with Crippen LogP contribution < -0.4 is 4.72 Å². The lowest BCUT2D eigenvalue weighted by atomic mass is 10.1. The van der Waals surface area contributed by atoms with Gasteiger partial charge in [-0.1, -0.05) is 42.5 Å². The summed E-state index contributed by atoms with van der Waals surface area (Å²) in [6, 6.07) is 19.7. The maximum atomic E-state index is 13.9. The van der Waals surface area contributed by atoms with E-state index < -0.39 is 15.8 Å². The molecule has 1 aliphatic rings. The van der Waals surface area contributed by atoms with E-state index in [1.165, 1.54) is 47.5 Å². The van der Waals surface area contributed by atoms with Crippen LogP contribution in [-0.4, -0.2) is 50.3 Å². The monoisotopic (exact) mass is 481 g/mol. The number of nitrogens with zero attached hydrogens (tertiary/aromatic N) is 2. The summed E-state index contributed by atoms with van der Waals surface area (Å²) in [6.07, 6.45) is 0.838. The van der Waals surface area contributed by atoms with E-state index in [1.54, 1.807) is 17.0 Å². The molecule has 1 heterocycles. The Bertz CT molecular complexity index is 1280. The van der Waals surface area contributed by atoms with Crippen LogP contribution in [-0.2, 0) is 16.6 Å². The molecule has 1 amide bonds. The molecule has 1 saturated heterocycles. The summed E-state index contributed by atoms with van der Waals surface area (Å²) in [5.41, 5.74) is 2.69. The molecule has 0 unspecified atom stereocenters. The number of halogens is 1. The molecule has 4 rings (SSSR count). The second kappa shape index (κ2) is 10.4. The van der Waals surface area contributed by atoms with Crippen molar-refractivity contribution >= 4 is 21.6 Å². The SMILES string of the molecule is Cc1ccccc1CN1CCCN(C(=O)c2cccc(S(=O)(=O)Nc3ccccc3F)c2)CC1. The fourth-order valence-corrected chi connectivity index (χ4v) is 5.20. The number of anilines is 1. The van der Waals surface area contributed by atoms with Crippen LogP contribution in [0.25, 0.3) is 0 Å². The summed E-state index contributed by atoms with van der Waals surface area (Å²) in [7, 11) is -4.05. The minimum absolute atomic E-state index is 0.0856. The number of para-hydroxylation sites is 1. The smallest absolute Gasteiger partial charge is 0.262 e. The Morgan fingerprint density at radius 2 is 1.71 bits per heavy atom. The average Bonchev–Trinajstić information content (AvgIpc) is 3.07. The number of rotatable bonds is 6. The van der Waals surface area contributed by atoms with Crippen molar-refractivity contribution in [2.75, 3.05) is 30.9 Å². The van der Waals surface area contributed by atoms with Crippen LogP contribution in [0, 0.1) is 12.7 Å². The molecule has 0 aliphatic carbocycles. The minimum Gasteiger partial charge on any atom is -0.337 e. The van der Waals surface area contributed by atoms with Gasteiger partial charge >= 0.3 is 0 Å². The third-order valence-electron chi connectivity index (χ3n) is 6.04. The van der Waals surface area contributed by atoms with Crippen molar-refractivity contribution in [3.8, 4) is 0 Å². The molecule has 0 spiro atoms. The van der Waals surface area contributed by atoms with Crippen molar-refractivity contribution in [1.82, 2.24) is 9.80 Å². The van der Waals surface area contributed by atoms with E-state index in [0.717, 1.165) is 26.1 Å². The first-order chi connectivity index (χ1) is 16.3. The van der Waals surface area contributed by atoms with E-state index in [2.05, 4.69) is 28.7 Å². The second-order valence-electron chi connectivity index (χ2n) is 8.46. The van der Waals surface area contributed by atoms with Crippen LogP contribution in [0.15, 0.2) is 77.7 Å². The molecule has 0 radical (unpaired) electrons. The van der Waals surface area contributed by atoms with Crippen LogP contribution >= 0.6 is 0 Å². The number of hydrogen-bond donors (Lipinski definition) is 1. The first-order valence-electron chi connectivity index (χ1n) is 11.3. The third kappa shape index (κ3) is 5.63. The van der Waals surface area contributed by atoms with Crippen molar-refractivity contribution in [3.63, 3.8) is 0 Å². The van der Waals surface area contributed by atoms with Crippen molar-refractivity contribution in [1.29, 1.82) is 0 Å². The second-order valence-corrected chi connectivity index (χ2v) is 10.1. The Morgan fingerprint density at radius 1 is 0.941 bits per heavy atom. The molecule has 0 bridgehead atoms. The Balaban J connectivity index is 1.45. The lowest BCUT2D eigenvalue weighted by Crippen LogP contribution is -2.35. The van der Waals surface area contributed by atoms with Crippen LogP contribution in [0.2, 0.25) is 0 Å². The predicted octanol–water partition coefficient (Wildman–Crippen LogP) is 4.28. The van der Waals surface area contributed by atoms with Crippen molar-refractivity contribution in [2.24, 2.45) is 0 Å². The Kier molecular flexibility index (Phi) is 7.29. The standard InChI is InChI=1S/C26H28FN3O3S/c1-20-8-2-3-9-22(20)19-29-14-7-15-30(17-16-29)26(31)21-10-6-11-23(18-21)34(32,33)28-25-13-5-4-12-24(25)27/h2-6,8-13,18,28H,7,14-17,19H2,1H3. The fourth-order valence-electron chi connectivity index (χ4n) is 4.09. The summed E-state index contributed by atoms with van der Waals surface area (Å²) in [5.74, 6) is -0.876. The molecule has 34 heavy (non-hydrogen) atoms. The summed E-state index contributed by atoms with van der Waals surface area (Å²) in [4.78, 5) is 17.2. The number of benzene rings is 3. The van der Waals surface area contributed by atoms with E-state index in [0.29, 0.717) is 18.7 Å². The van der Waals surface area contributed by atoms with Gasteiger partial charge in [0.05, 0.1) is 10.6 Å². The Labute approximate surface area is 200 Å². The van der Waals surface area contributed by atoms with Gasteiger partial charge in [-0.25, -0.2) is 12.8 Å². The largest absolute Gasteiger partial charge is 0.337 e. The molecule has 3 aromatic carbocycles. The maximum absolute atomic E-state index is 13.9. The summed E-state index contributed by atoms with van der Waals surface area (Å²) >= 11 is 0. The molecule has 1 aliphatic heterocycles. The quantitative estimate of drug-likeness (QED) is 0.571. The van der Waals surface area contributed by atoms with Gasteiger partial charge < -0.3 is 4.90 Å². The van der Waals surface area contributed by atoms with E-state index in [-0.39, 0.29) is 16.5 Å². The van der Waals surface area contributed by atoms with Gasteiger partial charge in [-0.05, 0) is 54.8 Å². The number of carbonyl (C=O) groups excluding carboxylic acids is 1. The number of aryl methyl sites for hydroxylation is 1. The lowest BCUT2D eigenvalue weighted by molar-refractivity contribution is 0.0761. The van der Waals surface area contributed by atoms with Gasteiger partial charge in [-0.2, -0.15) is 0 Å². The van der Waals surface area contributed by atoms with Gasteiger partial charge in [-0.3, -0.25) is 14.4 Å². The minimum atomic E-state index is -4.05. The van der Waals surface area contributed by atoms with Gasteiger partial charge in [0.15, 0.2) is 0 Å². The van der Waals surface area contributed by atoms with Crippen LogP contribution in [0.1, 0.15) is 27.9 Å². The van der Waals surface area contributed by atoms with Gasteiger partial charge in [0.2, 0.25) is 0 Å². The number of hydrogen-bond acceptors (Lipinski definition) is 4. The summed E-state index contributed by atoms with van der Waals surface area (Å²) in [6.45, 7) is 5.74. The third-order valence-corrected chi connectivity index (χ3v) is 7.40. The predicted molar refractivity (Wildman–Crippen MR) is 131 cm³/mol. The zero-order chi connectivity index (χ0) is 24.1. The van der Waals surface area contributed by atoms with Crippen molar-refractivity contribution < 1.29 is 17.6 Å². The molecule has 1 fully saturated rings. The number of carbonyl (C=O) groups is 1. The molecule has 178 valence electrons. The fraction of sp³-hybridized carbons (Fsp3) is 0.269. The molecule has 6 nitrogen and oxygen atoms in total. The first kappa shape index (κ1) is 23.9.